The van der Waals surface area contributed by atoms with Gasteiger partial charge >= 0.3 is 0 Å². The second-order valence-electron chi connectivity index (χ2n) is 6.52. The molecule has 1 aromatic heterocycles. The fourth-order valence-corrected chi connectivity index (χ4v) is 3.53. The van der Waals surface area contributed by atoms with Crippen LogP contribution in [0.3, 0.4) is 0 Å². The molecule has 0 aliphatic carbocycles. The van der Waals surface area contributed by atoms with Gasteiger partial charge in [0, 0.05) is 10.4 Å². The van der Waals surface area contributed by atoms with Gasteiger partial charge in [-0.15, -0.1) is 11.3 Å². The van der Waals surface area contributed by atoms with E-state index in [2.05, 4.69) is 45.9 Å². The van der Waals surface area contributed by atoms with E-state index in [0.29, 0.717) is 0 Å². The summed E-state index contributed by atoms with van der Waals surface area (Å²) < 4.78 is 0. The third kappa shape index (κ3) is 2.85. The van der Waals surface area contributed by atoms with Crippen molar-refractivity contribution >= 4 is 17.1 Å². The summed E-state index contributed by atoms with van der Waals surface area (Å²) in [4.78, 5) is 14.8. The molecule has 0 fully saturated rings. The van der Waals surface area contributed by atoms with Gasteiger partial charge in [0.05, 0.1) is 4.88 Å². The molecule has 0 saturated carbocycles. The molecule has 0 amide bonds. The molecule has 0 aliphatic heterocycles. The zero-order valence-electron chi connectivity index (χ0n) is 13.1. The zero-order chi connectivity index (χ0) is 15.1. The number of hydrogen-bond acceptors (Lipinski definition) is 2. The highest BCUT2D eigenvalue weighted by Crippen LogP contribution is 2.31. The standard InChI is InChI=1S/C18H22OS/c1-11-9-12(2)16(13(3)10-11)17(19)14-7-8-15(20-14)18(4,5)6/h7-10H,1-6H3. The summed E-state index contributed by atoms with van der Waals surface area (Å²) in [5, 5.41) is 0. The molecule has 2 heteroatoms. The van der Waals surface area contributed by atoms with E-state index in [1.807, 2.05) is 19.9 Å². The van der Waals surface area contributed by atoms with Crippen LogP contribution in [0, 0.1) is 20.8 Å². The molecule has 1 nitrogen and oxygen atoms in total. The lowest BCUT2D eigenvalue weighted by molar-refractivity contribution is 0.104. The average molecular weight is 286 g/mol. The predicted molar refractivity (Wildman–Crippen MR) is 87.1 cm³/mol. The minimum absolute atomic E-state index is 0.0978. The molecule has 0 unspecified atom stereocenters. The molecule has 0 saturated heterocycles. The van der Waals surface area contributed by atoms with Crippen LogP contribution < -0.4 is 0 Å². The van der Waals surface area contributed by atoms with Crippen LogP contribution in [0.25, 0.3) is 0 Å². The Balaban J connectivity index is 2.45. The van der Waals surface area contributed by atoms with Crippen molar-refractivity contribution in [1.29, 1.82) is 0 Å². The summed E-state index contributed by atoms with van der Waals surface area (Å²) in [6.07, 6.45) is 0. The summed E-state index contributed by atoms with van der Waals surface area (Å²) in [6.45, 7) is 12.6. The lowest BCUT2D eigenvalue weighted by Gasteiger charge is -2.15. The van der Waals surface area contributed by atoms with E-state index in [1.165, 1.54) is 10.4 Å². The van der Waals surface area contributed by atoms with Gasteiger partial charge in [0.15, 0.2) is 0 Å². The summed E-state index contributed by atoms with van der Waals surface area (Å²) in [7, 11) is 0. The lowest BCUT2D eigenvalue weighted by Crippen LogP contribution is -2.08. The molecule has 2 rings (SSSR count). The van der Waals surface area contributed by atoms with Crippen molar-refractivity contribution in [1.82, 2.24) is 0 Å². The minimum Gasteiger partial charge on any atom is -0.288 e. The van der Waals surface area contributed by atoms with Gasteiger partial charge in [0.1, 0.15) is 0 Å². The van der Waals surface area contributed by atoms with Crippen molar-refractivity contribution in [2.24, 2.45) is 0 Å². The molecule has 2 aromatic rings. The Morgan fingerprint density at radius 3 is 2.00 bits per heavy atom. The second-order valence-corrected chi connectivity index (χ2v) is 7.60. The van der Waals surface area contributed by atoms with Gasteiger partial charge in [-0.25, -0.2) is 0 Å². The smallest absolute Gasteiger partial charge is 0.203 e. The normalized spacial score (nSPS) is 11.7. The fraction of sp³-hybridized carbons (Fsp3) is 0.389. The van der Waals surface area contributed by atoms with Crippen molar-refractivity contribution in [2.75, 3.05) is 0 Å². The average Bonchev–Trinajstić information content (AvgIpc) is 2.75. The van der Waals surface area contributed by atoms with Crippen molar-refractivity contribution < 1.29 is 4.79 Å². The number of rotatable bonds is 2. The molecule has 0 aliphatic rings. The second kappa shape index (κ2) is 5.17. The molecule has 0 atom stereocenters. The van der Waals surface area contributed by atoms with Gasteiger partial charge in [-0.1, -0.05) is 38.5 Å². The highest BCUT2D eigenvalue weighted by molar-refractivity contribution is 7.14. The van der Waals surface area contributed by atoms with Crippen molar-refractivity contribution in [2.45, 2.75) is 47.0 Å². The van der Waals surface area contributed by atoms with Crippen LogP contribution in [0.5, 0.6) is 0 Å². The van der Waals surface area contributed by atoms with E-state index in [-0.39, 0.29) is 11.2 Å². The van der Waals surface area contributed by atoms with E-state index >= 15 is 0 Å². The van der Waals surface area contributed by atoms with Crippen LogP contribution in [0.1, 0.15) is 57.6 Å². The molecule has 106 valence electrons. The van der Waals surface area contributed by atoms with Crippen LogP contribution >= 0.6 is 11.3 Å². The number of aryl methyl sites for hydroxylation is 3. The van der Waals surface area contributed by atoms with E-state index in [4.69, 9.17) is 0 Å². The highest BCUT2D eigenvalue weighted by atomic mass is 32.1. The molecule has 1 aromatic carbocycles. The van der Waals surface area contributed by atoms with Crippen LogP contribution in [0.2, 0.25) is 0 Å². The topological polar surface area (TPSA) is 17.1 Å². The van der Waals surface area contributed by atoms with Crippen LogP contribution in [0.15, 0.2) is 24.3 Å². The number of thiophene rings is 1. The molecule has 0 bridgehead atoms. The Morgan fingerprint density at radius 1 is 1.00 bits per heavy atom. The highest BCUT2D eigenvalue weighted by Gasteiger charge is 2.21. The lowest BCUT2D eigenvalue weighted by atomic mass is 9.94. The van der Waals surface area contributed by atoms with Crippen molar-refractivity contribution in [3.8, 4) is 0 Å². The number of benzene rings is 1. The SMILES string of the molecule is Cc1cc(C)c(C(=O)c2ccc(C(C)(C)C)s2)c(C)c1. The van der Waals surface area contributed by atoms with Gasteiger partial charge in [0.2, 0.25) is 5.78 Å². The number of ketones is 1. The van der Waals surface area contributed by atoms with E-state index < -0.39 is 0 Å². The first-order valence-corrected chi connectivity index (χ1v) is 7.74. The first kappa shape index (κ1) is 15.0. The number of carbonyl (C=O) groups excluding carboxylic acids is 1. The maximum absolute atomic E-state index is 12.7. The number of carbonyl (C=O) groups is 1. The number of hydrogen-bond donors (Lipinski definition) is 0. The largest absolute Gasteiger partial charge is 0.288 e. The van der Waals surface area contributed by atoms with Gasteiger partial charge in [-0.05, 0) is 49.4 Å². The van der Waals surface area contributed by atoms with E-state index in [1.54, 1.807) is 11.3 Å². The summed E-state index contributed by atoms with van der Waals surface area (Å²) in [5.41, 5.74) is 4.30. The molecule has 0 radical (unpaired) electrons. The Kier molecular flexibility index (Phi) is 3.88. The Morgan fingerprint density at radius 2 is 1.55 bits per heavy atom. The summed E-state index contributed by atoms with van der Waals surface area (Å²) >= 11 is 1.61. The first-order chi connectivity index (χ1) is 9.20. The molecule has 20 heavy (non-hydrogen) atoms. The molecular weight excluding hydrogens is 264 g/mol. The van der Waals surface area contributed by atoms with Crippen LogP contribution in [-0.2, 0) is 5.41 Å². The predicted octanol–water partition coefficient (Wildman–Crippen LogP) is 5.20. The molecule has 1 heterocycles. The third-order valence-corrected chi connectivity index (χ3v) is 4.98. The maximum Gasteiger partial charge on any atom is 0.203 e. The first-order valence-electron chi connectivity index (χ1n) is 6.93. The Hall–Kier alpha value is -1.41. The Labute approximate surface area is 125 Å². The maximum atomic E-state index is 12.7. The summed E-state index contributed by atoms with van der Waals surface area (Å²) in [6, 6.07) is 8.21. The van der Waals surface area contributed by atoms with Gasteiger partial charge in [-0.2, -0.15) is 0 Å². The quantitative estimate of drug-likeness (QED) is 0.693. The van der Waals surface area contributed by atoms with Crippen LogP contribution in [0.4, 0.5) is 0 Å². The minimum atomic E-state index is 0.0978. The summed E-state index contributed by atoms with van der Waals surface area (Å²) in [5.74, 6) is 0.153. The van der Waals surface area contributed by atoms with Crippen molar-refractivity contribution in [3.63, 3.8) is 0 Å². The Bertz CT molecular complexity index is 633. The molecule has 0 spiro atoms. The van der Waals surface area contributed by atoms with Crippen molar-refractivity contribution in [3.05, 3.63) is 56.3 Å². The van der Waals surface area contributed by atoms with Gasteiger partial charge in [0.25, 0.3) is 0 Å². The van der Waals surface area contributed by atoms with E-state index in [0.717, 1.165) is 21.6 Å². The van der Waals surface area contributed by atoms with Gasteiger partial charge in [-0.3, -0.25) is 4.79 Å². The monoisotopic (exact) mass is 286 g/mol. The zero-order valence-corrected chi connectivity index (χ0v) is 13.9. The van der Waals surface area contributed by atoms with E-state index in [9.17, 15) is 4.79 Å². The molecular formula is C18H22OS. The fourth-order valence-electron chi connectivity index (χ4n) is 2.52. The third-order valence-electron chi connectivity index (χ3n) is 3.47. The van der Waals surface area contributed by atoms with Gasteiger partial charge < -0.3 is 0 Å². The van der Waals surface area contributed by atoms with Crippen LogP contribution in [-0.4, -0.2) is 5.78 Å². The molecule has 0 N–H and O–H groups in total.